The van der Waals surface area contributed by atoms with Gasteiger partial charge >= 0.3 is 5.97 Å². The summed E-state index contributed by atoms with van der Waals surface area (Å²) in [5, 5.41) is 0. The van der Waals surface area contributed by atoms with Crippen molar-refractivity contribution >= 4 is 5.97 Å². The minimum atomic E-state index is -0.0669. The van der Waals surface area contributed by atoms with E-state index in [9.17, 15) is 4.79 Å². The fourth-order valence-electron chi connectivity index (χ4n) is 3.00. The van der Waals surface area contributed by atoms with Crippen LogP contribution in [0.1, 0.15) is 37.7 Å². The Bertz CT molecular complexity index is 620. The van der Waals surface area contributed by atoms with Crippen LogP contribution in [0, 0.1) is 12.8 Å². The lowest BCUT2D eigenvalue weighted by Crippen LogP contribution is -2.22. The van der Waals surface area contributed by atoms with E-state index in [-0.39, 0.29) is 11.9 Å². The first-order valence-corrected chi connectivity index (χ1v) is 8.11. The summed E-state index contributed by atoms with van der Waals surface area (Å²) >= 11 is 0. The van der Waals surface area contributed by atoms with E-state index in [0.29, 0.717) is 5.75 Å². The van der Waals surface area contributed by atoms with Crippen LogP contribution in [0.4, 0.5) is 0 Å². The quantitative estimate of drug-likeness (QED) is 0.578. The average Bonchev–Trinajstić information content (AvgIpc) is 2.57. The van der Waals surface area contributed by atoms with Crippen molar-refractivity contribution in [3.05, 3.63) is 54.1 Å². The normalized spacial score (nSPS) is 15.5. The second-order valence-corrected chi connectivity index (χ2v) is 6.15. The summed E-state index contributed by atoms with van der Waals surface area (Å²) in [7, 11) is 0. The van der Waals surface area contributed by atoms with Crippen molar-refractivity contribution in [1.82, 2.24) is 0 Å². The van der Waals surface area contributed by atoms with Gasteiger partial charge in [0, 0.05) is 0 Å². The molecule has 1 aliphatic rings. The van der Waals surface area contributed by atoms with Crippen LogP contribution in [-0.2, 0) is 4.79 Å². The highest BCUT2D eigenvalue weighted by atomic mass is 16.5. The smallest absolute Gasteiger partial charge is 0.314 e. The molecule has 1 fully saturated rings. The maximum absolute atomic E-state index is 12.1. The lowest BCUT2D eigenvalue weighted by Gasteiger charge is -2.19. The Balaban J connectivity index is 1.66. The highest BCUT2D eigenvalue weighted by molar-refractivity contribution is 5.75. The van der Waals surface area contributed by atoms with E-state index < -0.39 is 0 Å². The molecular formula is C20H22O2. The lowest BCUT2D eigenvalue weighted by molar-refractivity contribution is -0.139. The van der Waals surface area contributed by atoms with Crippen molar-refractivity contribution in [2.24, 2.45) is 5.92 Å². The number of aryl methyl sites for hydroxylation is 1. The third kappa shape index (κ3) is 3.56. The lowest BCUT2D eigenvalue weighted by atomic mass is 9.89. The molecule has 0 saturated heterocycles. The molecule has 0 spiro atoms. The van der Waals surface area contributed by atoms with E-state index in [1.807, 2.05) is 24.3 Å². The summed E-state index contributed by atoms with van der Waals surface area (Å²) in [4.78, 5) is 12.1. The number of benzene rings is 2. The van der Waals surface area contributed by atoms with E-state index >= 15 is 0 Å². The molecule has 0 bridgehead atoms. The van der Waals surface area contributed by atoms with Gasteiger partial charge in [0.2, 0.25) is 0 Å². The summed E-state index contributed by atoms with van der Waals surface area (Å²) in [6.07, 6.45) is 5.48. The number of esters is 1. The predicted molar refractivity (Wildman–Crippen MR) is 88.8 cm³/mol. The van der Waals surface area contributed by atoms with Crippen LogP contribution in [0.2, 0.25) is 0 Å². The highest BCUT2D eigenvalue weighted by Crippen LogP contribution is 2.27. The van der Waals surface area contributed by atoms with Crippen LogP contribution in [0.3, 0.4) is 0 Å². The molecule has 0 unspecified atom stereocenters. The Hall–Kier alpha value is -2.09. The molecule has 0 amide bonds. The summed E-state index contributed by atoms with van der Waals surface area (Å²) in [6.45, 7) is 2.08. The molecule has 0 N–H and O–H groups in total. The summed E-state index contributed by atoms with van der Waals surface area (Å²) in [5.41, 5.74) is 3.56. The summed E-state index contributed by atoms with van der Waals surface area (Å²) < 4.78 is 5.52. The Morgan fingerprint density at radius 2 is 1.41 bits per heavy atom. The van der Waals surface area contributed by atoms with Crippen molar-refractivity contribution in [2.45, 2.75) is 39.0 Å². The van der Waals surface area contributed by atoms with Gasteiger partial charge in [0.1, 0.15) is 5.75 Å². The van der Waals surface area contributed by atoms with Gasteiger partial charge in [0.25, 0.3) is 0 Å². The van der Waals surface area contributed by atoms with Gasteiger partial charge in [-0.2, -0.15) is 0 Å². The molecule has 2 nitrogen and oxygen atoms in total. The molecule has 1 saturated carbocycles. The van der Waals surface area contributed by atoms with Crippen molar-refractivity contribution < 1.29 is 9.53 Å². The zero-order valence-electron chi connectivity index (χ0n) is 13.0. The number of carbonyl (C=O) groups excluding carboxylic acids is 1. The fraction of sp³-hybridized carbons (Fsp3) is 0.350. The zero-order valence-corrected chi connectivity index (χ0v) is 13.0. The minimum absolute atomic E-state index is 0.0669. The van der Waals surface area contributed by atoms with Gasteiger partial charge in [-0.3, -0.25) is 4.79 Å². The third-order valence-corrected chi connectivity index (χ3v) is 4.40. The number of carbonyl (C=O) groups is 1. The molecule has 0 aromatic heterocycles. The molecule has 114 valence electrons. The van der Waals surface area contributed by atoms with Crippen molar-refractivity contribution in [2.75, 3.05) is 0 Å². The van der Waals surface area contributed by atoms with Crippen LogP contribution in [0.15, 0.2) is 48.5 Å². The van der Waals surface area contributed by atoms with Crippen molar-refractivity contribution in [1.29, 1.82) is 0 Å². The number of ether oxygens (including phenoxy) is 1. The van der Waals surface area contributed by atoms with Crippen molar-refractivity contribution in [3.63, 3.8) is 0 Å². The van der Waals surface area contributed by atoms with E-state index in [1.165, 1.54) is 17.5 Å². The zero-order chi connectivity index (χ0) is 15.4. The van der Waals surface area contributed by atoms with Gasteiger partial charge in [-0.15, -0.1) is 0 Å². The second-order valence-electron chi connectivity index (χ2n) is 6.15. The van der Waals surface area contributed by atoms with E-state index in [4.69, 9.17) is 4.74 Å². The number of hydrogen-bond acceptors (Lipinski definition) is 2. The molecule has 2 aromatic rings. The SMILES string of the molecule is Cc1ccc(-c2ccc(OC(=O)C3CCCCC3)cc2)cc1. The van der Waals surface area contributed by atoms with E-state index in [2.05, 4.69) is 31.2 Å². The Kier molecular flexibility index (Phi) is 4.57. The average molecular weight is 294 g/mol. The van der Waals surface area contributed by atoms with Crippen LogP contribution < -0.4 is 4.74 Å². The number of hydrogen-bond donors (Lipinski definition) is 0. The van der Waals surface area contributed by atoms with Crippen LogP contribution in [0.5, 0.6) is 5.75 Å². The van der Waals surface area contributed by atoms with Crippen molar-refractivity contribution in [3.8, 4) is 16.9 Å². The largest absolute Gasteiger partial charge is 0.426 e. The molecule has 0 heterocycles. The van der Waals surface area contributed by atoms with E-state index in [1.54, 1.807) is 0 Å². The summed E-state index contributed by atoms with van der Waals surface area (Å²) in [5.74, 6) is 0.666. The molecule has 1 aliphatic carbocycles. The fourth-order valence-corrected chi connectivity index (χ4v) is 3.00. The van der Waals surface area contributed by atoms with Crippen LogP contribution >= 0.6 is 0 Å². The topological polar surface area (TPSA) is 26.3 Å². The summed E-state index contributed by atoms with van der Waals surface area (Å²) in [6, 6.07) is 16.2. The van der Waals surface area contributed by atoms with Gasteiger partial charge in [-0.1, -0.05) is 61.2 Å². The Labute approximate surface area is 132 Å². The maximum Gasteiger partial charge on any atom is 0.314 e. The maximum atomic E-state index is 12.1. The van der Waals surface area contributed by atoms with Crippen LogP contribution in [0.25, 0.3) is 11.1 Å². The first-order chi connectivity index (χ1) is 10.7. The molecule has 2 heteroatoms. The molecule has 22 heavy (non-hydrogen) atoms. The Morgan fingerprint density at radius 3 is 2.00 bits per heavy atom. The molecule has 3 rings (SSSR count). The van der Waals surface area contributed by atoms with Gasteiger partial charge in [0.15, 0.2) is 0 Å². The van der Waals surface area contributed by atoms with E-state index in [0.717, 1.165) is 31.2 Å². The van der Waals surface area contributed by atoms with Gasteiger partial charge in [-0.05, 0) is 43.0 Å². The Morgan fingerprint density at radius 1 is 0.864 bits per heavy atom. The minimum Gasteiger partial charge on any atom is -0.426 e. The number of rotatable bonds is 3. The van der Waals surface area contributed by atoms with Crippen LogP contribution in [-0.4, -0.2) is 5.97 Å². The predicted octanol–water partition coefficient (Wildman–Crippen LogP) is 5.15. The second kappa shape index (κ2) is 6.78. The van der Waals surface area contributed by atoms with Gasteiger partial charge < -0.3 is 4.74 Å². The molecule has 2 aromatic carbocycles. The highest BCUT2D eigenvalue weighted by Gasteiger charge is 2.22. The molecule has 0 atom stereocenters. The standard InChI is InChI=1S/C20H22O2/c1-15-7-9-16(10-8-15)17-11-13-19(14-12-17)22-20(21)18-5-3-2-4-6-18/h7-14,18H,2-6H2,1H3. The first-order valence-electron chi connectivity index (χ1n) is 8.11. The molecule has 0 radical (unpaired) electrons. The van der Waals surface area contributed by atoms with Gasteiger partial charge in [-0.25, -0.2) is 0 Å². The molecule has 0 aliphatic heterocycles. The first kappa shape index (κ1) is 14.8. The third-order valence-electron chi connectivity index (χ3n) is 4.40. The van der Waals surface area contributed by atoms with Gasteiger partial charge in [0.05, 0.1) is 5.92 Å². The molecular weight excluding hydrogens is 272 g/mol. The monoisotopic (exact) mass is 294 g/mol.